The molecule has 0 aromatic rings. The zero-order valence-corrected chi connectivity index (χ0v) is 12.7. The summed E-state index contributed by atoms with van der Waals surface area (Å²) < 4.78 is 5.20. The van der Waals surface area contributed by atoms with E-state index >= 15 is 0 Å². The maximum absolute atomic E-state index is 12.0. The van der Waals surface area contributed by atoms with Crippen LogP contribution in [0.15, 0.2) is 23.3 Å². The average Bonchev–Trinajstić information content (AvgIpc) is 2.45. The number of Topliss-reactive ketones (excluding diaryl/α,β-unsaturated/α-hetero) is 1. The van der Waals surface area contributed by atoms with Gasteiger partial charge in [0, 0.05) is 0 Å². The molecule has 3 heteroatoms. The Morgan fingerprint density at radius 2 is 2.05 bits per heavy atom. The highest BCUT2D eigenvalue weighted by molar-refractivity contribution is 6.16. The summed E-state index contributed by atoms with van der Waals surface area (Å²) >= 11 is 0. The van der Waals surface area contributed by atoms with E-state index in [1.807, 2.05) is 0 Å². The van der Waals surface area contributed by atoms with Gasteiger partial charge in [0.2, 0.25) is 0 Å². The van der Waals surface area contributed by atoms with Gasteiger partial charge in [0.15, 0.2) is 5.78 Å². The zero-order valence-electron chi connectivity index (χ0n) is 12.7. The normalized spacial score (nSPS) is 15.7. The fraction of sp³-hybridized carbons (Fsp3) is 0.647. The van der Waals surface area contributed by atoms with Crippen LogP contribution in [0.2, 0.25) is 0 Å². The Kier molecular flexibility index (Phi) is 7.93. The minimum atomic E-state index is -0.472. The Balaban J connectivity index is 2.52. The molecule has 112 valence electrons. The molecule has 0 amide bonds. The van der Waals surface area contributed by atoms with Crippen molar-refractivity contribution in [3.05, 3.63) is 23.3 Å². The van der Waals surface area contributed by atoms with Gasteiger partial charge >= 0.3 is 5.97 Å². The number of rotatable bonds is 8. The van der Waals surface area contributed by atoms with E-state index < -0.39 is 5.97 Å². The Hall–Kier alpha value is -1.38. The van der Waals surface area contributed by atoms with E-state index in [-0.39, 0.29) is 11.4 Å². The molecule has 0 aromatic heterocycles. The average molecular weight is 278 g/mol. The number of hydrogen-bond donors (Lipinski definition) is 0. The van der Waals surface area contributed by atoms with Crippen LogP contribution in [0.1, 0.15) is 65.2 Å². The second-order valence-corrected chi connectivity index (χ2v) is 5.34. The predicted octanol–water partition coefficient (Wildman–Crippen LogP) is 4.13. The molecule has 0 fully saturated rings. The van der Waals surface area contributed by atoms with Gasteiger partial charge in [-0.3, -0.25) is 4.79 Å². The molecule has 0 aliphatic heterocycles. The van der Waals surface area contributed by atoms with Gasteiger partial charge < -0.3 is 4.74 Å². The summed E-state index contributed by atoms with van der Waals surface area (Å²) in [5.41, 5.74) is 1.28. The van der Waals surface area contributed by atoms with Crippen molar-refractivity contribution in [2.24, 2.45) is 0 Å². The van der Waals surface area contributed by atoms with Crippen molar-refractivity contribution in [3.63, 3.8) is 0 Å². The summed E-state index contributed by atoms with van der Waals surface area (Å²) in [5.74, 6) is -0.685. The van der Waals surface area contributed by atoms with E-state index in [4.69, 9.17) is 4.74 Å². The van der Waals surface area contributed by atoms with Crippen LogP contribution in [0.5, 0.6) is 0 Å². The topological polar surface area (TPSA) is 43.4 Å². The Morgan fingerprint density at radius 1 is 1.25 bits per heavy atom. The molecule has 3 nitrogen and oxygen atoms in total. The molecule has 0 N–H and O–H groups in total. The summed E-state index contributed by atoms with van der Waals surface area (Å²) in [6, 6.07) is 0. The smallest absolute Gasteiger partial charge is 0.341 e. The predicted molar refractivity (Wildman–Crippen MR) is 80.4 cm³/mol. The summed E-state index contributed by atoms with van der Waals surface area (Å²) in [6.45, 7) is 3.97. The molecule has 0 saturated heterocycles. The molecule has 20 heavy (non-hydrogen) atoms. The van der Waals surface area contributed by atoms with Crippen molar-refractivity contribution in [2.45, 2.75) is 65.2 Å². The minimum absolute atomic E-state index is 0.189. The van der Waals surface area contributed by atoms with Crippen LogP contribution in [-0.4, -0.2) is 18.4 Å². The highest BCUT2D eigenvalue weighted by Crippen LogP contribution is 2.20. The molecule has 1 aliphatic carbocycles. The number of hydrogen-bond acceptors (Lipinski definition) is 3. The molecule has 0 bridgehead atoms. The minimum Gasteiger partial charge on any atom is -0.462 e. The van der Waals surface area contributed by atoms with Crippen molar-refractivity contribution in [3.8, 4) is 0 Å². The van der Waals surface area contributed by atoms with Crippen LogP contribution >= 0.6 is 0 Å². The summed E-state index contributed by atoms with van der Waals surface area (Å²) in [4.78, 5) is 23.6. The van der Waals surface area contributed by atoms with Gasteiger partial charge in [0.25, 0.3) is 0 Å². The lowest BCUT2D eigenvalue weighted by Gasteiger charge is -2.11. The summed E-state index contributed by atoms with van der Waals surface area (Å²) in [7, 11) is 0. The first-order chi connectivity index (χ1) is 9.65. The third-order valence-electron chi connectivity index (χ3n) is 3.49. The van der Waals surface area contributed by atoms with E-state index in [1.165, 1.54) is 13.3 Å². The number of ether oxygens (including phenoxy) is 1. The van der Waals surface area contributed by atoms with Crippen molar-refractivity contribution in [1.29, 1.82) is 0 Å². The molecule has 0 saturated carbocycles. The van der Waals surface area contributed by atoms with Gasteiger partial charge in [-0.2, -0.15) is 0 Å². The largest absolute Gasteiger partial charge is 0.462 e. The number of carbonyl (C=O) groups is 2. The first-order valence-corrected chi connectivity index (χ1v) is 7.74. The van der Waals surface area contributed by atoms with E-state index in [0.29, 0.717) is 6.61 Å². The Labute approximate surface area is 122 Å². The van der Waals surface area contributed by atoms with Gasteiger partial charge in [0.1, 0.15) is 5.57 Å². The number of ketones is 1. The van der Waals surface area contributed by atoms with Gasteiger partial charge in [-0.15, -0.1) is 0 Å². The first kappa shape index (κ1) is 16.7. The molecular weight excluding hydrogens is 252 g/mol. The lowest BCUT2D eigenvalue weighted by atomic mass is 9.97. The van der Waals surface area contributed by atoms with Crippen molar-refractivity contribution in [2.75, 3.05) is 6.61 Å². The van der Waals surface area contributed by atoms with Crippen LogP contribution in [0, 0.1) is 0 Å². The standard InChI is InChI=1S/C17H26O3/c1-3-4-5-9-12-20-17(19)16(14(2)18)13-15-10-7-6-8-11-15/h10,13H,3-9,11-12H2,1-2H3. The highest BCUT2D eigenvalue weighted by atomic mass is 16.5. The third kappa shape index (κ3) is 6.18. The fourth-order valence-corrected chi connectivity index (χ4v) is 2.26. The molecule has 0 aromatic carbocycles. The molecule has 0 unspecified atom stereocenters. The van der Waals surface area contributed by atoms with E-state index in [0.717, 1.165) is 50.5 Å². The number of carbonyl (C=O) groups excluding carboxylic acids is 2. The second kappa shape index (κ2) is 9.51. The Bertz CT molecular complexity index is 391. The van der Waals surface area contributed by atoms with Crippen LogP contribution < -0.4 is 0 Å². The lowest BCUT2D eigenvalue weighted by Crippen LogP contribution is -2.15. The zero-order chi connectivity index (χ0) is 14.8. The van der Waals surface area contributed by atoms with Crippen LogP contribution in [-0.2, 0) is 14.3 Å². The van der Waals surface area contributed by atoms with E-state index in [1.54, 1.807) is 6.08 Å². The number of esters is 1. The number of unbranched alkanes of at least 4 members (excludes halogenated alkanes) is 3. The van der Waals surface area contributed by atoms with Gasteiger partial charge in [-0.25, -0.2) is 4.79 Å². The molecule has 0 spiro atoms. The van der Waals surface area contributed by atoms with Crippen LogP contribution in [0.25, 0.3) is 0 Å². The van der Waals surface area contributed by atoms with Gasteiger partial charge in [0.05, 0.1) is 6.61 Å². The van der Waals surface area contributed by atoms with Crippen LogP contribution in [0.3, 0.4) is 0 Å². The van der Waals surface area contributed by atoms with Crippen molar-refractivity contribution >= 4 is 11.8 Å². The van der Waals surface area contributed by atoms with Crippen LogP contribution in [0.4, 0.5) is 0 Å². The van der Waals surface area contributed by atoms with Crippen molar-refractivity contribution in [1.82, 2.24) is 0 Å². The number of allylic oxidation sites excluding steroid dienone is 3. The summed E-state index contributed by atoms with van der Waals surface area (Å²) in [6.07, 6.45) is 12.4. The monoisotopic (exact) mass is 278 g/mol. The van der Waals surface area contributed by atoms with E-state index in [9.17, 15) is 9.59 Å². The maximum atomic E-state index is 12.0. The Morgan fingerprint density at radius 3 is 2.65 bits per heavy atom. The highest BCUT2D eigenvalue weighted by Gasteiger charge is 2.17. The van der Waals surface area contributed by atoms with Gasteiger partial charge in [-0.05, 0) is 45.1 Å². The van der Waals surface area contributed by atoms with E-state index in [2.05, 4.69) is 13.0 Å². The van der Waals surface area contributed by atoms with Gasteiger partial charge in [-0.1, -0.05) is 37.8 Å². The summed E-state index contributed by atoms with van der Waals surface area (Å²) in [5, 5.41) is 0. The molecular formula is C17H26O3. The quantitative estimate of drug-likeness (QED) is 0.220. The van der Waals surface area contributed by atoms with Crippen molar-refractivity contribution < 1.29 is 14.3 Å². The molecule has 0 radical (unpaired) electrons. The molecule has 1 rings (SSSR count). The maximum Gasteiger partial charge on any atom is 0.341 e. The SMILES string of the molecule is CCCCCCOC(=O)C(=CC1=CCCCC1)C(C)=O. The second-order valence-electron chi connectivity index (χ2n) is 5.34. The lowest BCUT2D eigenvalue weighted by molar-refractivity contribution is -0.140. The first-order valence-electron chi connectivity index (χ1n) is 7.74. The third-order valence-corrected chi connectivity index (χ3v) is 3.49. The molecule has 0 atom stereocenters. The fourth-order valence-electron chi connectivity index (χ4n) is 2.26. The molecule has 1 aliphatic rings. The molecule has 0 heterocycles.